The summed E-state index contributed by atoms with van der Waals surface area (Å²) in [5, 5.41) is 53.2. The van der Waals surface area contributed by atoms with E-state index < -0.39 is 5.75 Å². The van der Waals surface area contributed by atoms with Gasteiger partial charge in [-0.3, -0.25) is 9.48 Å². The first-order chi connectivity index (χ1) is 15.6. The van der Waals surface area contributed by atoms with E-state index in [4.69, 9.17) is 15.3 Å². The number of rotatable bonds is 11. The molecule has 0 amide bonds. The second-order valence-corrected chi connectivity index (χ2v) is 7.51. The Bertz CT molecular complexity index is 1140. The number of phenolic OH excluding ortho intramolecular Hbond substituents is 2. The molecule has 0 spiro atoms. The third-order valence-electron chi connectivity index (χ3n) is 5.48. The van der Waals surface area contributed by atoms with Crippen molar-refractivity contribution >= 4 is 22.4 Å². The lowest BCUT2D eigenvalue weighted by Gasteiger charge is -2.20. The van der Waals surface area contributed by atoms with Gasteiger partial charge < -0.3 is 36.4 Å². The Balaban J connectivity index is 1.78. The monoisotopic (exact) mass is 441 g/mol. The van der Waals surface area contributed by atoms with Crippen LogP contribution < -0.4 is 16.0 Å². The number of nitrogens with zero attached hydrogens (tertiary/aromatic N) is 2. The standard InChI is InChI=1S/C22H27N5O5/c28-11-8-23-5-6-25-14-2-3-15-19-18(14)22(32)17-13(1-4-16(30)21(17)31)20(19)26-27(15)10-7-24-9-12-29/h1-4,23-25,28-31H,5-12H2. The second kappa shape index (κ2) is 9.53. The predicted molar refractivity (Wildman–Crippen MR) is 120 cm³/mol. The fraction of sp³-hybridized carbons (Fsp3) is 0.364. The van der Waals surface area contributed by atoms with Gasteiger partial charge in [-0.25, -0.2) is 0 Å². The molecule has 1 aliphatic rings. The molecule has 3 aromatic rings. The number of anilines is 1. The molecule has 0 fully saturated rings. The molecule has 10 heteroatoms. The zero-order valence-electron chi connectivity index (χ0n) is 17.6. The normalized spacial score (nSPS) is 12.4. The molecule has 0 atom stereocenters. The molecule has 0 saturated carbocycles. The van der Waals surface area contributed by atoms with Gasteiger partial charge >= 0.3 is 0 Å². The molecule has 4 rings (SSSR count). The van der Waals surface area contributed by atoms with Gasteiger partial charge in [-0.2, -0.15) is 5.10 Å². The van der Waals surface area contributed by atoms with Crippen LogP contribution in [0.4, 0.5) is 5.69 Å². The number of hydrogen-bond acceptors (Lipinski definition) is 9. The Morgan fingerprint density at radius 2 is 1.62 bits per heavy atom. The molecule has 32 heavy (non-hydrogen) atoms. The van der Waals surface area contributed by atoms with Crippen LogP contribution in [-0.4, -0.2) is 81.9 Å². The van der Waals surface area contributed by atoms with Gasteiger partial charge in [-0.15, -0.1) is 0 Å². The van der Waals surface area contributed by atoms with Gasteiger partial charge in [0.2, 0.25) is 0 Å². The SMILES string of the molecule is O=C1c2c(ccc(O)c2O)-c2nn(CCNCCO)c3ccc(NCCNCCO)c1c23. The maximum Gasteiger partial charge on any atom is 0.200 e. The van der Waals surface area contributed by atoms with Crippen molar-refractivity contribution in [2.75, 3.05) is 51.3 Å². The minimum atomic E-state index is -0.454. The molecule has 10 nitrogen and oxygen atoms in total. The van der Waals surface area contributed by atoms with Gasteiger partial charge in [0.25, 0.3) is 0 Å². The third kappa shape index (κ3) is 3.89. The molecule has 170 valence electrons. The summed E-state index contributed by atoms with van der Waals surface area (Å²) < 4.78 is 1.80. The van der Waals surface area contributed by atoms with Crippen LogP contribution in [-0.2, 0) is 6.54 Å². The molecule has 0 saturated heterocycles. The minimum Gasteiger partial charge on any atom is -0.504 e. The fourth-order valence-corrected chi connectivity index (χ4v) is 4.02. The molecular formula is C22H27N5O5. The largest absolute Gasteiger partial charge is 0.504 e. The van der Waals surface area contributed by atoms with E-state index in [2.05, 4.69) is 16.0 Å². The van der Waals surface area contributed by atoms with Gasteiger partial charge in [0.15, 0.2) is 17.3 Å². The summed E-state index contributed by atoms with van der Waals surface area (Å²) in [5.41, 5.74) is 2.89. The number of aliphatic hydroxyl groups excluding tert-OH is 2. The number of aromatic hydroxyl groups is 2. The molecule has 0 aliphatic heterocycles. The predicted octanol–water partition coefficient (Wildman–Crippen LogP) is 0.235. The van der Waals surface area contributed by atoms with E-state index in [1.165, 1.54) is 6.07 Å². The topological polar surface area (TPSA) is 152 Å². The number of benzene rings is 2. The zero-order valence-corrected chi connectivity index (χ0v) is 17.6. The summed E-state index contributed by atoms with van der Waals surface area (Å²) in [6.45, 7) is 3.29. The van der Waals surface area contributed by atoms with Crippen molar-refractivity contribution in [2.24, 2.45) is 0 Å². The lowest BCUT2D eigenvalue weighted by atomic mass is 9.85. The number of carbonyl (C=O) groups excluding carboxylic acids is 1. The molecule has 1 aliphatic carbocycles. The number of carbonyl (C=O) groups is 1. The van der Waals surface area contributed by atoms with Crippen molar-refractivity contribution in [3.8, 4) is 22.8 Å². The number of aliphatic hydroxyl groups is 2. The lowest BCUT2D eigenvalue weighted by Crippen LogP contribution is -2.25. The smallest absolute Gasteiger partial charge is 0.200 e. The van der Waals surface area contributed by atoms with Crippen LogP contribution in [0.5, 0.6) is 11.5 Å². The summed E-state index contributed by atoms with van der Waals surface area (Å²) in [6, 6.07) is 6.67. The van der Waals surface area contributed by atoms with E-state index in [0.29, 0.717) is 67.2 Å². The van der Waals surface area contributed by atoms with Crippen molar-refractivity contribution in [1.29, 1.82) is 0 Å². The minimum absolute atomic E-state index is 0.0371. The average Bonchev–Trinajstić information content (AvgIpc) is 3.16. The summed E-state index contributed by atoms with van der Waals surface area (Å²) in [4.78, 5) is 13.5. The van der Waals surface area contributed by atoms with Crippen LogP contribution >= 0.6 is 0 Å². The maximum atomic E-state index is 13.5. The van der Waals surface area contributed by atoms with Crippen molar-refractivity contribution < 1.29 is 25.2 Å². The third-order valence-corrected chi connectivity index (χ3v) is 5.48. The summed E-state index contributed by atoms with van der Waals surface area (Å²) in [7, 11) is 0. The lowest BCUT2D eigenvalue weighted by molar-refractivity contribution is 0.103. The Hall–Kier alpha value is -3.18. The molecule has 2 aromatic carbocycles. The summed E-state index contributed by atoms with van der Waals surface area (Å²) in [6.07, 6.45) is 0. The second-order valence-electron chi connectivity index (χ2n) is 7.51. The van der Waals surface area contributed by atoms with E-state index in [9.17, 15) is 15.0 Å². The van der Waals surface area contributed by atoms with Gasteiger partial charge in [0.1, 0.15) is 5.69 Å². The first kappa shape index (κ1) is 22.0. The number of nitrogens with one attached hydrogen (secondary N) is 3. The average molecular weight is 441 g/mol. The molecule has 0 radical (unpaired) electrons. The Labute approximate surface area is 184 Å². The first-order valence-corrected chi connectivity index (χ1v) is 10.6. The quantitative estimate of drug-likeness (QED) is 0.128. The molecule has 1 heterocycles. The van der Waals surface area contributed by atoms with Crippen LogP contribution in [0.25, 0.3) is 22.2 Å². The highest BCUT2D eigenvalue weighted by molar-refractivity contribution is 6.28. The molecule has 0 unspecified atom stereocenters. The molecule has 7 N–H and O–H groups in total. The zero-order chi connectivity index (χ0) is 22.7. The number of hydrogen-bond donors (Lipinski definition) is 7. The number of phenols is 2. The van der Waals surface area contributed by atoms with Gasteiger partial charge in [-0.05, 0) is 24.3 Å². The maximum absolute atomic E-state index is 13.5. The van der Waals surface area contributed by atoms with Gasteiger partial charge in [-0.1, -0.05) is 0 Å². The summed E-state index contributed by atoms with van der Waals surface area (Å²) in [5.74, 6) is -1.19. The number of ketones is 1. The highest BCUT2D eigenvalue weighted by Crippen LogP contribution is 2.46. The van der Waals surface area contributed by atoms with Crippen molar-refractivity contribution in [1.82, 2.24) is 20.4 Å². The molecular weight excluding hydrogens is 414 g/mol. The van der Waals surface area contributed by atoms with Crippen LogP contribution in [0.2, 0.25) is 0 Å². The number of aromatic nitrogens is 2. The van der Waals surface area contributed by atoms with E-state index >= 15 is 0 Å². The molecule has 1 aromatic heterocycles. The van der Waals surface area contributed by atoms with Crippen LogP contribution in [0.15, 0.2) is 24.3 Å². The van der Waals surface area contributed by atoms with E-state index in [-0.39, 0.29) is 30.3 Å². The van der Waals surface area contributed by atoms with Gasteiger partial charge in [0.05, 0.1) is 36.4 Å². The van der Waals surface area contributed by atoms with Crippen molar-refractivity contribution in [2.45, 2.75) is 6.54 Å². The fourth-order valence-electron chi connectivity index (χ4n) is 4.02. The first-order valence-electron chi connectivity index (χ1n) is 10.6. The molecule has 0 bridgehead atoms. The van der Waals surface area contributed by atoms with E-state index in [1.54, 1.807) is 10.7 Å². The van der Waals surface area contributed by atoms with Gasteiger partial charge in [0, 0.05) is 49.4 Å². The van der Waals surface area contributed by atoms with Crippen LogP contribution in [0.3, 0.4) is 0 Å². The van der Waals surface area contributed by atoms with E-state index in [0.717, 1.165) is 5.52 Å². The highest BCUT2D eigenvalue weighted by atomic mass is 16.3. The highest BCUT2D eigenvalue weighted by Gasteiger charge is 2.34. The van der Waals surface area contributed by atoms with Crippen LogP contribution in [0, 0.1) is 0 Å². The van der Waals surface area contributed by atoms with Crippen molar-refractivity contribution in [3.05, 3.63) is 35.4 Å². The Morgan fingerprint density at radius 3 is 2.38 bits per heavy atom. The van der Waals surface area contributed by atoms with Crippen molar-refractivity contribution in [3.63, 3.8) is 0 Å². The van der Waals surface area contributed by atoms with Crippen LogP contribution in [0.1, 0.15) is 15.9 Å². The Morgan fingerprint density at radius 1 is 0.875 bits per heavy atom. The summed E-state index contributed by atoms with van der Waals surface area (Å²) >= 11 is 0. The Kier molecular flexibility index (Phi) is 6.56. The number of fused-ring (bicyclic) bond motifs is 2. The van der Waals surface area contributed by atoms with E-state index in [1.807, 2.05) is 12.1 Å².